The predicted octanol–water partition coefficient (Wildman–Crippen LogP) is 1.40. The van der Waals surface area contributed by atoms with Crippen LogP contribution in [0.25, 0.3) is 0 Å². The maximum absolute atomic E-state index is 10.8. The van der Waals surface area contributed by atoms with Crippen LogP contribution >= 0.6 is 0 Å². The van der Waals surface area contributed by atoms with E-state index in [1.807, 2.05) is 12.1 Å². The summed E-state index contributed by atoms with van der Waals surface area (Å²) in [5, 5.41) is 10.3. The second kappa shape index (κ2) is 3.62. The number of benzene rings is 1. The summed E-state index contributed by atoms with van der Waals surface area (Å²) in [4.78, 5) is 15.8. The molecule has 1 aliphatic rings. The smallest absolute Gasteiger partial charge is 0.329 e. The molecule has 0 atom stereocenters. The molecule has 1 aliphatic heterocycles. The normalized spacial score (nSPS) is 13.2. The van der Waals surface area contributed by atoms with Gasteiger partial charge in [0, 0.05) is 6.92 Å². The fourth-order valence-electron chi connectivity index (χ4n) is 1.69. The number of carbonyl (C=O) groups is 1. The van der Waals surface area contributed by atoms with Crippen molar-refractivity contribution >= 4 is 11.7 Å². The molecule has 0 saturated heterocycles. The van der Waals surface area contributed by atoms with Gasteiger partial charge < -0.3 is 4.84 Å². The molecular formula is C11H10N2O2. The van der Waals surface area contributed by atoms with Gasteiger partial charge in [-0.3, -0.25) is 4.79 Å². The van der Waals surface area contributed by atoms with E-state index < -0.39 is 0 Å². The lowest BCUT2D eigenvalue weighted by molar-refractivity contribution is -0.142. The summed E-state index contributed by atoms with van der Waals surface area (Å²) in [6, 6.07) is 7.45. The Morgan fingerprint density at radius 1 is 1.60 bits per heavy atom. The molecule has 0 aliphatic carbocycles. The third-order valence-electron chi connectivity index (χ3n) is 2.30. The van der Waals surface area contributed by atoms with E-state index in [2.05, 4.69) is 6.07 Å². The largest absolute Gasteiger partial charge is 0.341 e. The van der Waals surface area contributed by atoms with Gasteiger partial charge in [-0.2, -0.15) is 5.26 Å². The lowest BCUT2D eigenvalue weighted by Crippen LogP contribution is -2.23. The molecule has 1 aromatic rings. The van der Waals surface area contributed by atoms with Gasteiger partial charge in [-0.25, -0.2) is 5.06 Å². The Kier molecular flexibility index (Phi) is 2.30. The highest BCUT2D eigenvalue weighted by Gasteiger charge is 2.21. The van der Waals surface area contributed by atoms with E-state index in [0.29, 0.717) is 12.1 Å². The summed E-state index contributed by atoms with van der Waals surface area (Å²) < 4.78 is 0. The third-order valence-corrected chi connectivity index (χ3v) is 2.30. The van der Waals surface area contributed by atoms with Crippen molar-refractivity contribution in [3.05, 3.63) is 29.3 Å². The summed E-state index contributed by atoms with van der Waals surface area (Å²) in [5.74, 6) is -0.327. The SMILES string of the molecule is CC(=O)ON1CCc2cc(C#N)ccc21. The van der Waals surface area contributed by atoms with Crippen LogP contribution in [0.15, 0.2) is 18.2 Å². The van der Waals surface area contributed by atoms with E-state index in [-0.39, 0.29) is 5.97 Å². The number of rotatable bonds is 1. The molecular weight excluding hydrogens is 192 g/mol. The average Bonchev–Trinajstić information content (AvgIpc) is 2.60. The quantitative estimate of drug-likeness (QED) is 0.690. The van der Waals surface area contributed by atoms with E-state index in [1.54, 1.807) is 11.1 Å². The van der Waals surface area contributed by atoms with Crippen LogP contribution in [0.1, 0.15) is 18.1 Å². The van der Waals surface area contributed by atoms with Crippen LogP contribution < -0.4 is 5.06 Å². The second-order valence-corrected chi connectivity index (χ2v) is 3.39. The fraction of sp³-hybridized carbons (Fsp3) is 0.273. The van der Waals surface area contributed by atoms with Gasteiger partial charge in [-0.15, -0.1) is 0 Å². The molecule has 1 heterocycles. The van der Waals surface area contributed by atoms with E-state index in [0.717, 1.165) is 17.7 Å². The summed E-state index contributed by atoms with van der Waals surface area (Å²) in [6.07, 6.45) is 0.804. The van der Waals surface area contributed by atoms with Crippen molar-refractivity contribution in [1.29, 1.82) is 5.26 Å². The lowest BCUT2D eigenvalue weighted by Gasteiger charge is -2.16. The molecule has 4 nitrogen and oxygen atoms in total. The number of carbonyl (C=O) groups excluding carboxylic acids is 1. The maximum Gasteiger partial charge on any atom is 0.329 e. The van der Waals surface area contributed by atoms with Crippen molar-refractivity contribution in [3.63, 3.8) is 0 Å². The van der Waals surface area contributed by atoms with Crippen LogP contribution in [0.3, 0.4) is 0 Å². The molecule has 1 aromatic carbocycles. The van der Waals surface area contributed by atoms with Crippen LogP contribution in [-0.4, -0.2) is 12.5 Å². The zero-order chi connectivity index (χ0) is 10.8. The van der Waals surface area contributed by atoms with Crippen molar-refractivity contribution in [2.45, 2.75) is 13.3 Å². The Hall–Kier alpha value is -2.02. The predicted molar refractivity (Wildman–Crippen MR) is 54.0 cm³/mol. The van der Waals surface area contributed by atoms with E-state index in [4.69, 9.17) is 10.1 Å². The minimum atomic E-state index is -0.327. The minimum Gasteiger partial charge on any atom is -0.341 e. The number of hydrogen-bond acceptors (Lipinski definition) is 4. The Labute approximate surface area is 87.6 Å². The number of anilines is 1. The van der Waals surface area contributed by atoms with Crippen molar-refractivity contribution in [2.24, 2.45) is 0 Å². The van der Waals surface area contributed by atoms with E-state index in [9.17, 15) is 4.79 Å². The summed E-state index contributed by atoms with van der Waals surface area (Å²) in [6.45, 7) is 2.03. The van der Waals surface area contributed by atoms with Crippen LogP contribution in [0.2, 0.25) is 0 Å². The zero-order valence-corrected chi connectivity index (χ0v) is 8.36. The van der Waals surface area contributed by atoms with Gasteiger partial charge in [0.1, 0.15) is 0 Å². The molecule has 2 rings (SSSR count). The molecule has 0 bridgehead atoms. The molecule has 0 amide bonds. The van der Waals surface area contributed by atoms with Gasteiger partial charge in [-0.1, -0.05) is 0 Å². The van der Waals surface area contributed by atoms with Crippen LogP contribution in [0.4, 0.5) is 5.69 Å². The van der Waals surface area contributed by atoms with Crippen molar-refractivity contribution in [3.8, 4) is 6.07 Å². The molecule has 0 unspecified atom stereocenters. The van der Waals surface area contributed by atoms with Crippen LogP contribution in [-0.2, 0) is 16.1 Å². The second-order valence-electron chi connectivity index (χ2n) is 3.39. The number of nitriles is 1. The fourth-order valence-corrected chi connectivity index (χ4v) is 1.69. The number of hydroxylamine groups is 1. The first-order valence-electron chi connectivity index (χ1n) is 4.70. The third kappa shape index (κ3) is 1.77. The van der Waals surface area contributed by atoms with Crippen molar-refractivity contribution in [2.75, 3.05) is 11.6 Å². The van der Waals surface area contributed by atoms with Crippen LogP contribution in [0.5, 0.6) is 0 Å². The Morgan fingerprint density at radius 3 is 3.07 bits per heavy atom. The van der Waals surface area contributed by atoms with Gasteiger partial charge >= 0.3 is 5.97 Å². The molecule has 0 aromatic heterocycles. The lowest BCUT2D eigenvalue weighted by atomic mass is 10.1. The van der Waals surface area contributed by atoms with Gasteiger partial charge in [0.05, 0.1) is 23.9 Å². The highest BCUT2D eigenvalue weighted by atomic mass is 16.7. The number of fused-ring (bicyclic) bond motifs is 1. The van der Waals surface area contributed by atoms with Gasteiger partial charge in [0.2, 0.25) is 0 Å². The molecule has 15 heavy (non-hydrogen) atoms. The van der Waals surface area contributed by atoms with E-state index in [1.165, 1.54) is 6.92 Å². The standard InChI is InChI=1S/C11H10N2O2/c1-8(14)15-13-5-4-10-6-9(7-12)2-3-11(10)13/h2-3,6H,4-5H2,1H3. The monoisotopic (exact) mass is 202 g/mol. The van der Waals surface area contributed by atoms with Gasteiger partial charge in [0.25, 0.3) is 0 Å². The van der Waals surface area contributed by atoms with Crippen molar-refractivity contribution in [1.82, 2.24) is 0 Å². The maximum atomic E-state index is 10.8. The molecule has 0 radical (unpaired) electrons. The summed E-state index contributed by atoms with van der Waals surface area (Å²) in [5.41, 5.74) is 2.57. The Morgan fingerprint density at radius 2 is 2.40 bits per heavy atom. The molecule has 76 valence electrons. The molecule has 0 saturated carbocycles. The molecule has 0 fully saturated rings. The average molecular weight is 202 g/mol. The Balaban J connectivity index is 2.29. The zero-order valence-electron chi connectivity index (χ0n) is 8.36. The minimum absolute atomic E-state index is 0.327. The summed E-state index contributed by atoms with van der Waals surface area (Å²) >= 11 is 0. The highest BCUT2D eigenvalue weighted by molar-refractivity contribution is 5.69. The van der Waals surface area contributed by atoms with Gasteiger partial charge in [-0.05, 0) is 30.2 Å². The number of nitrogens with zero attached hydrogens (tertiary/aromatic N) is 2. The topological polar surface area (TPSA) is 53.3 Å². The first-order valence-corrected chi connectivity index (χ1v) is 4.70. The van der Waals surface area contributed by atoms with Crippen LogP contribution in [0, 0.1) is 11.3 Å². The number of hydrogen-bond donors (Lipinski definition) is 0. The van der Waals surface area contributed by atoms with E-state index >= 15 is 0 Å². The first-order chi connectivity index (χ1) is 7.20. The van der Waals surface area contributed by atoms with Gasteiger partial charge in [0.15, 0.2) is 0 Å². The Bertz CT molecular complexity index is 448. The molecule has 0 spiro atoms. The highest BCUT2D eigenvalue weighted by Crippen LogP contribution is 2.28. The first kappa shape index (κ1) is 9.53. The molecule has 4 heteroatoms. The summed E-state index contributed by atoms with van der Waals surface area (Å²) in [7, 11) is 0. The molecule has 0 N–H and O–H groups in total. The van der Waals surface area contributed by atoms with Crippen molar-refractivity contribution < 1.29 is 9.63 Å².